The Kier molecular flexibility index (Phi) is 9.88. The first-order valence-corrected chi connectivity index (χ1v) is 17.5. The summed E-state index contributed by atoms with van der Waals surface area (Å²) < 4.78 is 14.9. The van der Waals surface area contributed by atoms with Gasteiger partial charge in [0.25, 0.3) is 5.91 Å². The van der Waals surface area contributed by atoms with Crippen molar-refractivity contribution >= 4 is 40.8 Å². The molecule has 3 aromatic carbocycles. The molecule has 4 aliphatic heterocycles. The van der Waals surface area contributed by atoms with Gasteiger partial charge in [0, 0.05) is 78.0 Å². The standard InChI is InChI=1S/C38H43ClFN7O/c1-44-36-28(25-41-35(32-8-3-4-9-34(32)40)33-24-29(39)12-15-31(33)36)26-42-38(44)43-30-13-10-27(11-14-30)37(48)47-22-20-46(21-23-47)19-7-18-45-16-5-2-6-17-45/h3-4,8-15,24,26,38,43H,2,5-7,16-23,25H2,1H3. The molecule has 250 valence electrons. The highest BCUT2D eigenvalue weighted by Crippen LogP contribution is 2.35. The first kappa shape index (κ1) is 32.5. The molecule has 8 nitrogen and oxygen atoms in total. The van der Waals surface area contributed by atoms with Crippen LogP contribution in [-0.4, -0.2) is 110 Å². The number of nitrogens with zero attached hydrogens (tertiary/aromatic N) is 6. The molecule has 0 aromatic heterocycles. The van der Waals surface area contributed by atoms with Crippen molar-refractivity contribution in [1.29, 1.82) is 0 Å². The molecular formula is C38H43ClFN7O. The van der Waals surface area contributed by atoms with Crippen molar-refractivity contribution in [1.82, 2.24) is 19.6 Å². The third-order valence-electron chi connectivity index (χ3n) is 9.91. The number of piperazine rings is 1. The van der Waals surface area contributed by atoms with Crippen molar-refractivity contribution in [3.63, 3.8) is 0 Å². The Morgan fingerprint density at radius 1 is 0.875 bits per heavy atom. The lowest BCUT2D eigenvalue weighted by atomic mass is 9.94. The van der Waals surface area contributed by atoms with Gasteiger partial charge < -0.3 is 20.0 Å². The fourth-order valence-electron chi connectivity index (χ4n) is 7.25. The summed E-state index contributed by atoms with van der Waals surface area (Å²) >= 11 is 6.46. The molecule has 48 heavy (non-hydrogen) atoms. The van der Waals surface area contributed by atoms with E-state index in [1.54, 1.807) is 12.1 Å². The lowest BCUT2D eigenvalue weighted by molar-refractivity contribution is 0.0631. The van der Waals surface area contributed by atoms with E-state index in [4.69, 9.17) is 21.6 Å². The van der Waals surface area contributed by atoms with E-state index in [2.05, 4.69) is 20.0 Å². The molecule has 0 aliphatic carbocycles. The number of nitrogens with one attached hydrogen (secondary N) is 1. The van der Waals surface area contributed by atoms with E-state index in [9.17, 15) is 9.18 Å². The first-order chi connectivity index (χ1) is 23.4. The number of hydrogen-bond acceptors (Lipinski definition) is 7. The summed E-state index contributed by atoms with van der Waals surface area (Å²) in [7, 11) is 1.99. The van der Waals surface area contributed by atoms with E-state index >= 15 is 0 Å². The number of anilines is 1. The molecule has 4 heterocycles. The van der Waals surface area contributed by atoms with Gasteiger partial charge in [0.05, 0.1) is 18.0 Å². The molecule has 1 unspecified atom stereocenters. The molecule has 3 aromatic rings. The second-order valence-corrected chi connectivity index (χ2v) is 13.5. The van der Waals surface area contributed by atoms with Crippen LogP contribution >= 0.6 is 11.6 Å². The van der Waals surface area contributed by atoms with Crippen LogP contribution in [0.4, 0.5) is 10.1 Å². The van der Waals surface area contributed by atoms with Gasteiger partial charge in [-0.2, -0.15) is 0 Å². The summed E-state index contributed by atoms with van der Waals surface area (Å²) in [6, 6.07) is 20.0. The maximum absolute atomic E-state index is 14.9. The number of fused-ring (bicyclic) bond motifs is 2. The predicted molar refractivity (Wildman–Crippen MR) is 193 cm³/mol. The van der Waals surface area contributed by atoms with Crippen LogP contribution in [0.3, 0.4) is 0 Å². The molecule has 2 fully saturated rings. The Morgan fingerprint density at radius 3 is 2.35 bits per heavy atom. The van der Waals surface area contributed by atoms with E-state index in [-0.39, 0.29) is 11.7 Å². The molecule has 10 heteroatoms. The van der Waals surface area contributed by atoms with E-state index in [1.165, 1.54) is 51.4 Å². The Hall–Kier alpha value is -4.05. The predicted octanol–water partition coefficient (Wildman–Crippen LogP) is 6.09. The zero-order chi connectivity index (χ0) is 33.0. The molecule has 2 saturated heterocycles. The summed E-state index contributed by atoms with van der Waals surface area (Å²) in [5.41, 5.74) is 6.15. The number of amides is 1. The highest BCUT2D eigenvalue weighted by molar-refractivity contribution is 6.31. The second kappa shape index (κ2) is 14.6. The molecule has 0 bridgehead atoms. The first-order valence-electron chi connectivity index (χ1n) is 17.1. The molecule has 1 N–H and O–H groups in total. The Balaban J connectivity index is 0.976. The van der Waals surface area contributed by atoms with Crippen LogP contribution in [0, 0.1) is 5.82 Å². The van der Waals surface area contributed by atoms with Gasteiger partial charge >= 0.3 is 0 Å². The smallest absolute Gasteiger partial charge is 0.253 e. The summed E-state index contributed by atoms with van der Waals surface area (Å²) in [6.45, 7) is 8.53. The summed E-state index contributed by atoms with van der Waals surface area (Å²) in [5.74, 6) is -0.247. The van der Waals surface area contributed by atoms with Crippen LogP contribution in [0.15, 0.2) is 82.3 Å². The average molecular weight is 668 g/mol. The number of benzene rings is 3. The van der Waals surface area contributed by atoms with E-state index in [1.807, 2.05) is 66.7 Å². The molecule has 1 atom stereocenters. The SMILES string of the molecule is CN1C2=C(C=NC1Nc1ccc(C(=O)N3CCN(CCCN4CCCCC4)CC3)cc1)CN=C(c1ccccc1F)c1cc(Cl)ccc12. The van der Waals surface area contributed by atoms with Gasteiger partial charge in [0.15, 0.2) is 6.29 Å². The molecule has 0 saturated carbocycles. The minimum Gasteiger partial charge on any atom is -0.347 e. The van der Waals surface area contributed by atoms with Crippen molar-refractivity contribution in [2.24, 2.45) is 9.98 Å². The summed E-state index contributed by atoms with van der Waals surface area (Å²) in [4.78, 5) is 32.2. The van der Waals surface area contributed by atoms with E-state index in [0.717, 1.165) is 60.8 Å². The van der Waals surface area contributed by atoms with Gasteiger partial charge in [-0.15, -0.1) is 0 Å². The number of hydrogen-bond donors (Lipinski definition) is 1. The number of carbonyl (C=O) groups is 1. The fraction of sp³-hybridized carbons (Fsp3) is 0.395. The number of aliphatic imine (C=N–C) groups is 2. The third-order valence-corrected chi connectivity index (χ3v) is 10.1. The van der Waals surface area contributed by atoms with Crippen LogP contribution in [0.25, 0.3) is 5.70 Å². The van der Waals surface area contributed by atoms with Gasteiger partial charge in [-0.3, -0.25) is 14.7 Å². The van der Waals surface area contributed by atoms with Crippen LogP contribution in [-0.2, 0) is 0 Å². The quantitative estimate of drug-likeness (QED) is 0.315. The van der Waals surface area contributed by atoms with Gasteiger partial charge in [-0.25, -0.2) is 9.38 Å². The van der Waals surface area contributed by atoms with Crippen molar-refractivity contribution in [2.45, 2.75) is 32.0 Å². The number of carbonyl (C=O) groups excluding carboxylic acids is 1. The Morgan fingerprint density at radius 2 is 1.60 bits per heavy atom. The van der Waals surface area contributed by atoms with Gasteiger partial charge in [0.1, 0.15) is 5.82 Å². The van der Waals surface area contributed by atoms with Crippen molar-refractivity contribution < 1.29 is 9.18 Å². The summed E-state index contributed by atoms with van der Waals surface area (Å²) in [5, 5.41) is 4.07. The molecule has 1 amide bonds. The molecule has 7 rings (SSSR count). The van der Waals surface area contributed by atoms with Gasteiger partial charge in [-0.05, 0) is 94.0 Å². The number of likely N-dealkylation sites (tertiary alicyclic amines) is 1. The zero-order valence-corrected chi connectivity index (χ0v) is 28.3. The highest BCUT2D eigenvalue weighted by atomic mass is 35.5. The number of halogens is 2. The average Bonchev–Trinajstić information content (AvgIpc) is 3.27. The number of piperidine rings is 1. The largest absolute Gasteiger partial charge is 0.347 e. The molecule has 0 spiro atoms. The van der Waals surface area contributed by atoms with Gasteiger partial charge in [-0.1, -0.05) is 36.2 Å². The molecule has 0 radical (unpaired) electrons. The highest BCUT2D eigenvalue weighted by Gasteiger charge is 2.30. The maximum atomic E-state index is 14.9. The lowest BCUT2D eigenvalue weighted by Gasteiger charge is -2.35. The third kappa shape index (κ3) is 7.04. The van der Waals surface area contributed by atoms with Crippen molar-refractivity contribution in [3.05, 3.63) is 105 Å². The second-order valence-electron chi connectivity index (χ2n) is 13.1. The topological polar surface area (TPSA) is 66.8 Å². The monoisotopic (exact) mass is 667 g/mol. The molecular weight excluding hydrogens is 625 g/mol. The van der Waals surface area contributed by atoms with E-state index < -0.39 is 6.29 Å². The fourth-order valence-corrected chi connectivity index (χ4v) is 7.42. The van der Waals surface area contributed by atoms with Crippen molar-refractivity contribution in [2.75, 3.05) is 71.3 Å². The Bertz CT molecular complexity index is 1720. The van der Waals surface area contributed by atoms with Gasteiger partial charge in [0.2, 0.25) is 0 Å². The van der Waals surface area contributed by atoms with Crippen molar-refractivity contribution in [3.8, 4) is 0 Å². The van der Waals surface area contributed by atoms with E-state index in [0.29, 0.717) is 28.4 Å². The lowest BCUT2D eigenvalue weighted by Crippen LogP contribution is -2.49. The minimum absolute atomic E-state index is 0.0801. The zero-order valence-electron chi connectivity index (χ0n) is 27.5. The van der Waals surface area contributed by atoms with Crippen LogP contribution in [0.2, 0.25) is 5.02 Å². The number of rotatable bonds is 8. The van der Waals surface area contributed by atoms with Crippen LogP contribution < -0.4 is 5.32 Å². The van der Waals surface area contributed by atoms with Crippen LogP contribution in [0.5, 0.6) is 0 Å². The maximum Gasteiger partial charge on any atom is 0.253 e. The summed E-state index contributed by atoms with van der Waals surface area (Å²) in [6.07, 6.45) is 6.70. The minimum atomic E-state index is -0.396. The van der Waals surface area contributed by atoms with Crippen LogP contribution in [0.1, 0.15) is 52.7 Å². The normalized spacial score (nSPS) is 20.2. The Labute approximate surface area is 287 Å². The molecule has 4 aliphatic rings.